The Balaban J connectivity index is 1.83. The van der Waals surface area contributed by atoms with Crippen LogP contribution in [0.15, 0.2) is 23.7 Å². The molecule has 0 spiro atoms. The molecule has 1 atom stereocenters. The molecule has 2 N–H and O–H groups in total. The number of rotatable bonds is 5. The zero-order valence-electron chi connectivity index (χ0n) is 11.4. The summed E-state index contributed by atoms with van der Waals surface area (Å²) in [5, 5.41) is 0. The van der Waals surface area contributed by atoms with Crippen LogP contribution in [0.4, 0.5) is 4.39 Å². The van der Waals surface area contributed by atoms with E-state index in [-0.39, 0.29) is 11.9 Å². The molecule has 102 valence electrons. The van der Waals surface area contributed by atoms with E-state index in [1.54, 1.807) is 0 Å². The van der Waals surface area contributed by atoms with Gasteiger partial charge in [0.25, 0.3) is 0 Å². The predicted molar refractivity (Wildman–Crippen MR) is 72.7 cm³/mol. The van der Waals surface area contributed by atoms with Crippen molar-refractivity contribution in [2.45, 2.75) is 25.8 Å². The van der Waals surface area contributed by atoms with Crippen molar-refractivity contribution in [3.8, 4) is 0 Å². The van der Waals surface area contributed by atoms with E-state index < -0.39 is 0 Å². The third-order valence-corrected chi connectivity index (χ3v) is 4.01. The van der Waals surface area contributed by atoms with Crippen molar-refractivity contribution in [3.05, 3.63) is 23.7 Å². The number of likely N-dealkylation sites (N-methyl/N-ethyl adjacent to an activating group) is 1. The average molecular weight is 253 g/mol. The first kappa shape index (κ1) is 13.6. The number of nitrogens with two attached hydrogens (primary N) is 1. The Bertz CT molecular complexity index is 345. The van der Waals surface area contributed by atoms with Crippen LogP contribution in [-0.2, 0) is 0 Å². The SMILES string of the molecule is CCN(CCC1CN(C)C1)C1CC=C(N)C=C1F. The van der Waals surface area contributed by atoms with E-state index in [2.05, 4.69) is 23.8 Å². The van der Waals surface area contributed by atoms with Gasteiger partial charge in [0.2, 0.25) is 0 Å². The topological polar surface area (TPSA) is 32.5 Å². The van der Waals surface area contributed by atoms with Gasteiger partial charge in [-0.3, -0.25) is 4.90 Å². The molecule has 0 amide bonds. The molecule has 1 aliphatic carbocycles. The summed E-state index contributed by atoms with van der Waals surface area (Å²) in [6.07, 6.45) is 5.26. The van der Waals surface area contributed by atoms with Gasteiger partial charge >= 0.3 is 0 Å². The van der Waals surface area contributed by atoms with E-state index in [9.17, 15) is 4.39 Å². The Hall–Kier alpha value is -0.870. The monoisotopic (exact) mass is 253 g/mol. The maximum Gasteiger partial charge on any atom is 0.119 e. The fraction of sp³-hybridized carbons (Fsp3) is 0.714. The summed E-state index contributed by atoms with van der Waals surface area (Å²) in [5.41, 5.74) is 6.17. The molecule has 0 saturated carbocycles. The Kier molecular flexibility index (Phi) is 4.40. The van der Waals surface area contributed by atoms with Crippen molar-refractivity contribution in [1.29, 1.82) is 0 Å². The lowest BCUT2D eigenvalue weighted by Crippen LogP contribution is -2.46. The van der Waals surface area contributed by atoms with Crippen LogP contribution in [0, 0.1) is 5.92 Å². The Morgan fingerprint density at radius 3 is 2.78 bits per heavy atom. The molecule has 3 nitrogen and oxygen atoms in total. The van der Waals surface area contributed by atoms with Gasteiger partial charge in [-0.05, 0) is 45.0 Å². The number of hydrogen-bond acceptors (Lipinski definition) is 3. The van der Waals surface area contributed by atoms with Crippen LogP contribution in [0.5, 0.6) is 0 Å². The maximum absolute atomic E-state index is 13.9. The summed E-state index contributed by atoms with van der Waals surface area (Å²) in [5.74, 6) is 0.711. The fourth-order valence-electron chi connectivity index (χ4n) is 2.89. The molecular formula is C14H24FN3. The molecule has 4 heteroatoms. The van der Waals surface area contributed by atoms with Crippen LogP contribution >= 0.6 is 0 Å². The van der Waals surface area contributed by atoms with Gasteiger partial charge in [-0.15, -0.1) is 0 Å². The quantitative estimate of drug-likeness (QED) is 0.810. The lowest BCUT2D eigenvalue weighted by atomic mass is 9.96. The van der Waals surface area contributed by atoms with Crippen LogP contribution in [0.1, 0.15) is 19.8 Å². The molecule has 1 heterocycles. The highest BCUT2D eigenvalue weighted by Crippen LogP contribution is 2.24. The van der Waals surface area contributed by atoms with Crippen molar-refractivity contribution in [1.82, 2.24) is 9.80 Å². The van der Waals surface area contributed by atoms with Crippen molar-refractivity contribution in [2.24, 2.45) is 11.7 Å². The molecule has 0 radical (unpaired) electrons. The molecular weight excluding hydrogens is 229 g/mol. The Morgan fingerprint density at radius 1 is 1.50 bits per heavy atom. The summed E-state index contributed by atoms with van der Waals surface area (Å²) in [4.78, 5) is 4.55. The van der Waals surface area contributed by atoms with E-state index in [0.717, 1.165) is 19.0 Å². The highest BCUT2D eigenvalue weighted by atomic mass is 19.1. The van der Waals surface area contributed by atoms with Gasteiger partial charge in [0.15, 0.2) is 0 Å². The molecule has 0 bridgehead atoms. The van der Waals surface area contributed by atoms with E-state index in [1.807, 2.05) is 6.08 Å². The molecule has 2 aliphatic rings. The lowest BCUT2D eigenvalue weighted by molar-refractivity contribution is 0.104. The summed E-state index contributed by atoms with van der Waals surface area (Å²) < 4.78 is 13.9. The second-order valence-corrected chi connectivity index (χ2v) is 5.49. The Labute approximate surface area is 109 Å². The molecule has 1 aliphatic heterocycles. The number of nitrogens with zero attached hydrogens (tertiary/aromatic N) is 2. The highest BCUT2D eigenvalue weighted by Gasteiger charge is 2.27. The first-order valence-electron chi connectivity index (χ1n) is 6.85. The van der Waals surface area contributed by atoms with Crippen LogP contribution in [0.25, 0.3) is 0 Å². The third kappa shape index (κ3) is 3.12. The van der Waals surface area contributed by atoms with Gasteiger partial charge in [-0.25, -0.2) is 4.39 Å². The Morgan fingerprint density at radius 2 is 2.22 bits per heavy atom. The summed E-state index contributed by atoms with van der Waals surface area (Å²) in [6, 6.07) is -0.0971. The minimum Gasteiger partial charge on any atom is -0.399 e. The number of hydrogen-bond donors (Lipinski definition) is 1. The molecule has 0 aromatic rings. The molecule has 1 fully saturated rings. The first-order valence-corrected chi connectivity index (χ1v) is 6.85. The van der Waals surface area contributed by atoms with Crippen LogP contribution in [-0.4, -0.2) is 49.1 Å². The van der Waals surface area contributed by atoms with Crippen molar-refractivity contribution in [2.75, 3.05) is 33.2 Å². The molecule has 0 aromatic carbocycles. The van der Waals surface area contributed by atoms with Crippen molar-refractivity contribution < 1.29 is 4.39 Å². The summed E-state index contributed by atoms with van der Waals surface area (Å²) >= 11 is 0. The normalized spacial score (nSPS) is 25.9. The van der Waals surface area contributed by atoms with E-state index >= 15 is 0 Å². The number of halogens is 1. The summed E-state index contributed by atoms with van der Waals surface area (Å²) in [7, 11) is 2.14. The smallest absolute Gasteiger partial charge is 0.119 e. The fourth-order valence-corrected chi connectivity index (χ4v) is 2.89. The van der Waals surface area contributed by atoms with Gasteiger partial charge < -0.3 is 10.6 Å². The van der Waals surface area contributed by atoms with E-state index in [0.29, 0.717) is 12.1 Å². The first-order chi connectivity index (χ1) is 8.60. The van der Waals surface area contributed by atoms with Crippen LogP contribution < -0.4 is 5.73 Å². The number of likely N-dealkylation sites (tertiary alicyclic amines) is 1. The molecule has 2 rings (SSSR count). The van der Waals surface area contributed by atoms with Gasteiger partial charge in [-0.1, -0.05) is 13.0 Å². The third-order valence-electron chi connectivity index (χ3n) is 4.01. The van der Waals surface area contributed by atoms with E-state index in [4.69, 9.17) is 5.73 Å². The lowest BCUT2D eigenvalue weighted by Gasteiger charge is -2.38. The maximum atomic E-state index is 13.9. The zero-order valence-corrected chi connectivity index (χ0v) is 11.4. The average Bonchev–Trinajstić information content (AvgIpc) is 2.29. The van der Waals surface area contributed by atoms with Crippen molar-refractivity contribution in [3.63, 3.8) is 0 Å². The minimum atomic E-state index is -0.0971. The number of allylic oxidation sites excluding steroid dienone is 1. The van der Waals surface area contributed by atoms with Crippen LogP contribution in [0.3, 0.4) is 0 Å². The van der Waals surface area contributed by atoms with Gasteiger partial charge in [-0.2, -0.15) is 0 Å². The largest absolute Gasteiger partial charge is 0.399 e. The van der Waals surface area contributed by atoms with Gasteiger partial charge in [0.05, 0.1) is 6.04 Å². The summed E-state index contributed by atoms with van der Waals surface area (Å²) in [6.45, 7) is 6.35. The molecule has 1 unspecified atom stereocenters. The predicted octanol–water partition coefficient (Wildman–Crippen LogP) is 1.73. The van der Waals surface area contributed by atoms with E-state index in [1.165, 1.54) is 25.6 Å². The van der Waals surface area contributed by atoms with Gasteiger partial charge in [0, 0.05) is 18.8 Å². The van der Waals surface area contributed by atoms with Gasteiger partial charge in [0.1, 0.15) is 5.83 Å². The second kappa shape index (κ2) is 5.85. The molecule has 1 saturated heterocycles. The standard InChI is InChI=1S/C14H24FN3/c1-3-18(7-6-11-9-17(2)10-11)14-5-4-12(16)8-13(14)15/h4,8,11,14H,3,5-7,9-10,16H2,1-2H3. The van der Waals surface area contributed by atoms with Crippen LogP contribution in [0.2, 0.25) is 0 Å². The van der Waals surface area contributed by atoms with Crippen molar-refractivity contribution >= 4 is 0 Å². The molecule has 0 aromatic heterocycles. The minimum absolute atomic E-state index is 0.0809. The molecule has 18 heavy (non-hydrogen) atoms. The second-order valence-electron chi connectivity index (χ2n) is 5.49. The highest BCUT2D eigenvalue weighted by molar-refractivity contribution is 5.26. The zero-order chi connectivity index (χ0) is 13.1.